The van der Waals surface area contributed by atoms with E-state index in [1.165, 1.54) is 0 Å². The number of amides is 1. The van der Waals surface area contributed by atoms with Crippen molar-refractivity contribution in [2.45, 2.75) is 12.5 Å². The summed E-state index contributed by atoms with van der Waals surface area (Å²) in [4.78, 5) is 11.6. The quantitative estimate of drug-likeness (QED) is 0.888. The van der Waals surface area contributed by atoms with Crippen LogP contribution in [0.25, 0.3) is 0 Å². The number of hydrogen-bond donors (Lipinski definition) is 1. The van der Waals surface area contributed by atoms with Crippen molar-refractivity contribution < 1.29 is 14.3 Å². The first-order chi connectivity index (χ1) is 9.81. The molecule has 2 saturated heterocycles. The van der Waals surface area contributed by atoms with Crippen LogP contribution in [-0.4, -0.2) is 43.2 Å². The third-order valence-electron chi connectivity index (χ3n) is 3.30. The largest absolute Gasteiger partial charge is 0.441 e. The summed E-state index contributed by atoms with van der Waals surface area (Å²) in [7, 11) is 0. The average molecular weight is 275 g/mol. The fourth-order valence-corrected chi connectivity index (χ4v) is 2.29. The van der Waals surface area contributed by atoms with E-state index < -0.39 is 6.09 Å². The molecular formula is C14H17N3O3. The number of alkyl carbamates (subject to hydrolysis) is 1. The number of ether oxygens (including phenoxy) is 2. The third kappa shape index (κ3) is 3.08. The number of morpholine rings is 1. The van der Waals surface area contributed by atoms with Gasteiger partial charge in [-0.1, -0.05) is 30.3 Å². The second kappa shape index (κ2) is 5.92. The number of carbonyl (C=O) groups is 1. The Kier molecular flexibility index (Phi) is 3.83. The van der Waals surface area contributed by atoms with Gasteiger partial charge in [-0.2, -0.15) is 5.10 Å². The van der Waals surface area contributed by atoms with Crippen LogP contribution in [0.15, 0.2) is 35.4 Å². The van der Waals surface area contributed by atoms with Crippen molar-refractivity contribution in [1.82, 2.24) is 10.3 Å². The van der Waals surface area contributed by atoms with Crippen LogP contribution in [0.3, 0.4) is 0 Å². The van der Waals surface area contributed by atoms with Gasteiger partial charge in [0.1, 0.15) is 11.9 Å². The minimum Gasteiger partial charge on any atom is -0.441 e. The van der Waals surface area contributed by atoms with Crippen molar-refractivity contribution in [3.63, 3.8) is 0 Å². The maximum absolute atomic E-state index is 11.6. The number of rotatable bonds is 2. The molecule has 1 aromatic rings. The van der Waals surface area contributed by atoms with Crippen LogP contribution in [0.2, 0.25) is 0 Å². The Morgan fingerprint density at radius 2 is 1.95 bits per heavy atom. The van der Waals surface area contributed by atoms with E-state index in [4.69, 9.17) is 9.47 Å². The van der Waals surface area contributed by atoms with E-state index in [9.17, 15) is 4.79 Å². The normalized spacial score (nSPS) is 25.2. The molecule has 1 N–H and O–H groups in total. The van der Waals surface area contributed by atoms with Crippen LogP contribution in [0.5, 0.6) is 0 Å². The van der Waals surface area contributed by atoms with E-state index in [-0.39, 0.29) is 6.10 Å². The summed E-state index contributed by atoms with van der Waals surface area (Å²) in [5, 5.41) is 9.07. The molecule has 2 fully saturated rings. The van der Waals surface area contributed by atoms with Gasteiger partial charge in [-0.05, 0) is 5.56 Å². The van der Waals surface area contributed by atoms with Crippen molar-refractivity contribution in [2.75, 3.05) is 26.3 Å². The number of carbonyl (C=O) groups excluding carboxylic acids is 1. The molecular weight excluding hydrogens is 258 g/mol. The molecule has 20 heavy (non-hydrogen) atoms. The van der Waals surface area contributed by atoms with Crippen LogP contribution < -0.4 is 5.32 Å². The zero-order chi connectivity index (χ0) is 13.8. The van der Waals surface area contributed by atoms with Crippen LogP contribution in [-0.2, 0) is 9.47 Å². The molecule has 1 atom stereocenters. The maximum Gasteiger partial charge on any atom is 0.413 e. The van der Waals surface area contributed by atoms with Crippen molar-refractivity contribution >= 4 is 11.9 Å². The fourth-order valence-electron chi connectivity index (χ4n) is 2.29. The first-order valence-electron chi connectivity index (χ1n) is 6.74. The second-order valence-corrected chi connectivity index (χ2v) is 4.75. The van der Waals surface area contributed by atoms with E-state index in [1.54, 1.807) is 0 Å². The Balaban J connectivity index is 1.72. The van der Waals surface area contributed by atoms with Gasteiger partial charge < -0.3 is 9.47 Å². The smallest absolute Gasteiger partial charge is 0.413 e. The molecule has 0 aromatic heterocycles. The minimum absolute atomic E-state index is 0.273. The van der Waals surface area contributed by atoms with Gasteiger partial charge in [-0.25, -0.2) is 4.79 Å². The summed E-state index contributed by atoms with van der Waals surface area (Å²) < 4.78 is 10.6. The molecule has 1 unspecified atom stereocenters. The summed E-state index contributed by atoms with van der Waals surface area (Å²) >= 11 is 0. The molecule has 0 saturated carbocycles. The minimum atomic E-state index is -0.447. The lowest BCUT2D eigenvalue weighted by atomic mass is 10.1. The van der Waals surface area contributed by atoms with Gasteiger partial charge in [-0.15, -0.1) is 0 Å². The first kappa shape index (κ1) is 12.9. The average Bonchev–Trinajstić information content (AvgIpc) is 2.49. The van der Waals surface area contributed by atoms with E-state index in [0.29, 0.717) is 25.5 Å². The Bertz CT molecular complexity index is 498. The first-order valence-corrected chi connectivity index (χ1v) is 6.74. The summed E-state index contributed by atoms with van der Waals surface area (Å²) in [5.41, 5.74) is 0.983. The SMILES string of the molecule is O=C1N/C(=N/N2CCOCC2)CC(c2ccccc2)O1. The highest BCUT2D eigenvalue weighted by Gasteiger charge is 2.26. The third-order valence-corrected chi connectivity index (χ3v) is 3.30. The number of nitrogens with one attached hydrogen (secondary N) is 1. The molecule has 2 heterocycles. The zero-order valence-corrected chi connectivity index (χ0v) is 11.1. The Hall–Kier alpha value is -2.08. The number of cyclic esters (lactones) is 1. The molecule has 0 aliphatic carbocycles. The highest BCUT2D eigenvalue weighted by molar-refractivity contribution is 5.97. The number of nitrogens with zero attached hydrogens (tertiary/aromatic N) is 2. The van der Waals surface area contributed by atoms with Crippen LogP contribution in [0.4, 0.5) is 4.79 Å². The molecule has 3 rings (SSSR count). The standard InChI is InChI=1S/C14H17N3O3/c18-14-15-13(16-17-6-8-19-9-7-17)10-12(20-14)11-4-2-1-3-5-11/h1-5,12H,6-10H2,(H,15,16,18). The maximum atomic E-state index is 11.6. The Labute approximate surface area is 117 Å². The molecule has 1 aromatic carbocycles. The summed E-state index contributed by atoms with van der Waals surface area (Å²) in [6.45, 7) is 2.83. The predicted octanol–water partition coefficient (Wildman–Crippen LogP) is 1.50. The number of hydrazone groups is 1. The van der Waals surface area contributed by atoms with Gasteiger partial charge in [-0.3, -0.25) is 10.3 Å². The lowest BCUT2D eigenvalue weighted by molar-refractivity contribution is 0.0381. The molecule has 0 radical (unpaired) electrons. The molecule has 2 aliphatic rings. The van der Waals surface area contributed by atoms with Crippen LogP contribution >= 0.6 is 0 Å². The summed E-state index contributed by atoms with van der Waals surface area (Å²) in [6.07, 6.45) is -0.158. The zero-order valence-electron chi connectivity index (χ0n) is 11.1. The van der Waals surface area contributed by atoms with Gasteiger partial charge >= 0.3 is 6.09 Å². The number of hydrogen-bond acceptors (Lipinski definition) is 5. The topological polar surface area (TPSA) is 63.2 Å². The number of benzene rings is 1. The molecule has 1 amide bonds. The predicted molar refractivity (Wildman–Crippen MR) is 73.2 cm³/mol. The highest BCUT2D eigenvalue weighted by Crippen LogP contribution is 2.24. The van der Waals surface area contributed by atoms with E-state index in [1.807, 2.05) is 35.3 Å². The van der Waals surface area contributed by atoms with E-state index in [2.05, 4.69) is 10.4 Å². The van der Waals surface area contributed by atoms with Crippen molar-refractivity contribution in [3.05, 3.63) is 35.9 Å². The van der Waals surface area contributed by atoms with Crippen molar-refractivity contribution in [1.29, 1.82) is 0 Å². The van der Waals surface area contributed by atoms with Crippen LogP contribution in [0, 0.1) is 0 Å². The lowest BCUT2D eigenvalue weighted by Gasteiger charge is -2.28. The fraction of sp³-hybridized carbons (Fsp3) is 0.429. The Morgan fingerprint density at radius 3 is 2.70 bits per heavy atom. The molecule has 6 nitrogen and oxygen atoms in total. The van der Waals surface area contributed by atoms with Crippen molar-refractivity contribution in [3.8, 4) is 0 Å². The Morgan fingerprint density at radius 1 is 1.20 bits per heavy atom. The second-order valence-electron chi connectivity index (χ2n) is 4.75. The molecule has 106 valence electrons. The van der Waals surface area contributed by atoms with Crippen molar-refractivity contribution in [2.24, 2.45) is 5.10 Å². The molecule has 2 aliphatic heterocycles. The molecule has 6 heteroatoms. The van der Waals surface area contributed by atoms with E-state index >= 15 is 0 Å². The lowest BCUT2D eigenvalue weighted by Crippen LogP contribution is -2.42. The van der Waals surface area contributed by atoms with E-state index in [0.717, 1.165) is 18.7 Å². The summed E-state index contributed by atoms with van der Waals surface area (Å²) in [5.74, 6) is 0.650. The highest BCUT2D eigenvalue weighted by atomic mass is 16.6. The van der Waals surface area contributed by atoms with Gasteiger partial charge in [0, 0.05) is 6.42 Å². The number of amidine groups is 1. The van der Waals surface area contributed by atoms with Gasteiger partial charge in [0.2, 0.25) is 0 Å². The van der Waals surface area contributed by atoms with Gasteiger partial charge in [0.25, 0.3) is 0 Å². The van der Waals surface area contributed by atoms with Gasteiger partial charge in [0.05, 0.1) is 26.3 Å². The molecule has 0 bridgehead atoms. The summed E-state index contributed by atoms with van der Waals surface area (Å²) in [6, 6.07) is 9.72. The van der Waals surface area contributed by atoms with Crippen LogP contribution in [0.1, 0.15) is 18.1 Å². The van der Waals surface area contributed by atoms with Gasteiger partial charge in [0.15, 0.2) is 0 Å². The molecule has 0 spiro atoms. The monoisotopic (exact) mass is 275 g/mol.